The van der Waals surface area contributed by atoms with Crippen molar-refractivity contribution in [2.24, 2.45) is 4.99 Å². The van der Waals surface area contributed by atoms with Crippen LogP contribution >= 0.6 is 24.0 Å². The largest absolute Gasteiger partial charge is 0.493 e. The first kappa shape index (κ1) is 22.8. The van der Waals surface area contributed by atoms with Gasteiger partial charge in [0.25, 0.3) is 0 Å². The minimum Gasteiger partial charge on any atom is -0.493 e. The van der Waals surface area contributed by atoms with Crippen LogP contribution in [0.15, 0.2) is 47.5 Å². The molecule has 144 valence electrons. The molecule has 2 aromatic rings. The van der Waals surface area contributed by atoms with E-state index in [1.54, 1.807) is 13.1 Å². The number of nitrogens with zero attached hydrogens (tertiary/aromatic N) is 2. The van der Waals surface area contributed by atoms with Crippen LogP contribution in [0.25, 0.3) is 0 Å². The molecule has 0 unspecified atom stereocenters. The van der Waals surface area contributed by atoms with Crippen molar-refractivity contribution >= 4 is 29.9 Å². The monoisotopic (exact) mass is 478 g/mol. The molecule has 0 aromatic heterocycles. The van der Waals surface area contributed by atoms with Gasteiger partial charge < -0.3 is 15.4 Å². The maximum absolute atomic E-state index is 8.98. The van der Waals surface area contributed by atoms with Crippen LogP contribution in [0.2, 0.25) is 0 Å². The Balaban J connectivity index is 0.00000364. The molecule has 2 rings (SSSR count). The molecule has 0 spiro atoms. The number of halogens is 1. The van der Waals surface area contributed by atoms with Gasteiger partial charge in [-0.15, -0.1) is 24.0 Å². The molecular weight excluding hydrogens is 451 g/mol. The molecule has 0 aliphatic carbocycles. The van der Waals surface area contributed by atoms with Gasteiger partial charge >= 0.3 is 0 Å². The van der Waals surface area contributed by atoms with Crippen LogP contribution in [0.3, 0.4) is 0 Å². The van der Waals surface area contributed by atoms with Crippen molar-refractivity contribution in [1.29, 1.82) is 5.26 Å². The van der Waals surface area contributed by atoms with E-state index in [2.05, 4.69) is 53.7 Å². The third-order valence-corrected chi connectivity index (χ3v) is 3.87. The Kier molecular flexibility index (Phi) is 10.3. The Morgan fingerprint density at radius 2 is 1.93 bits per heavy atom. The van der Waals surface area contributed by atoms with Gasteiger partial charge in [0, 0.05) is 25.7 Å². The summed E-state index contributed by atoms with van der Waals surface area (Å²) in [5.74, 6) is 1.62. The molecule has 0 fully saturated rings. The lowest BCUT2D eigenvalue weighted by atomic mass is 10.1. The van der Waals surface area contributed by atoms with Crippen molar-refractivity contribution < 1.29 is 4.74 Å². The van der Waals surface area contributed by atoms with Crippen LogP contribution in [0.1, 0.15) is 35.6 Å². The number of benzene rings is 2. The van der Waals surface area contributed by atoms with Crippen molar-refractivity contribution in [3.63, 3.8) is 0 Å². The predicted molar refractivity (Wildman–Crippen MR) is 121 cm³/mol. The summed E-state index contributed by atoms with van der Waals surface area (Å²) in [6.07, 6.45) is 0.978. The molecule has 0 amide bonds. The topological polar surface area (TPSA) is 69.4 Å². The van der Waals surface area contributed by atoms with Gasteiger partial charge in [-0.3, -0.25) is 4.99 Å². The SMILES string of the molecule is CCCOc1cc(C)ccc1CNC(=NC)NCc1cccc(C#N)c1.I. The molecular formula is C21H27IN4O. The van der Waals surface area contributed by atoms with Crippen LogP contribution in [0, 0.1) is 18.3 Å². The maximum atomic E-state index is 8.98. The van der Waals surface area contributed by atoms with Crippen molar-refractivity contribution in [3.8, 4) is 11.8 Å². The van der Waals surface area contributed by atoms with Gasteiger partial charge in [-0.1, -0.05) is 31.2 Å². The zero-order valence-corrected chi connectivity index (χ0v) is 18.4. The Morgan fingerprint density at radius 3 is 2.63 bits per heavy atom. The summed E-state index contributed by atoms with van der Waals surface area (Å²) in [5.41, 5.74) is 3.97. The lowest BCUT2D eigenvalue weighted by Gasteiger charge is -2.15. The molecule has 2 aromatic carbocycles. The van der Waals surface area contributed by atoms with E-state index in [-0.39, 0.29) is 24.0 Å². The highest BCUT2D eigenvalue weighted by Crippen LogP contribution is 2.20. The summed E-state index contributed by atoms with van der Waals surface area (Å²) in [6.45, 7) is 6.09. The van der Waals surface area contributed by atoms with E-state index in [1.165, 1.54) is 5.56 Å². The third kappa shape index (κ3) is 7.47. The van der Waals surface area contributed by atoms with Crippen molar-refractivity contribution in [1.82, 2.24) is 10.6 Å². The van der Waals surface area contributed by atoms with Crippen LogP contribution in [-0.2, 0) is 13.1 Å². The summed E-state index contributed by atoms with van der Waals surface area (Å²) < 4.78 is 5.86. The highest BCUT2D eigenvalue weighted by molar-refractivity contribution is 14.0. The number of ether oxygens (including phenoxy) is 1. The van der Waals surface area contributed by atoms with Crippen LogP contribution in [0.5, 0.6) is 5.75 Å². The van der Waals surface area contributed by atoms with Gasteiger partial charge in [0.15, 0.2) is 5.96 Å². The molecule has 0 saturated carbocycles. The van der Waals surface area contributed by atoms with Crippen LogP contribution in [0.4, 0.5) is 0 Å². The van der Waals surface area contributed by atoms with Crippen LogP contribution in [-0.4, -0.2) is 19.6 Å². The number of hydrogen-bond acceptors (Lipinski definition) is 3. The number of nitrogens with one attached hydrogen (secondary N) is 2. The fourth-order valence-corrected chi connectivity index (χ4v) is 2.49. The Morgan fingerprint density at radius 1 is 1.15 bits per heavy atom. The maximum Gasteiger partial charge on any atom is 0.191 e. The van der Waals surface area contributed by atoms with Gasteiger partial charge in [0.05, 0.1) is 18.2 Å². The fourth-order valence-electron chi connectivity index (χ4n) is 2.49. The second kappa shape index (κ2) is 12.2. The van der Waals surface area contributed by atoms with Crippen molar-refractivity contribution in [2.45, 2.75) is 33.4 Å². The summed E-state index contributed by atoms with van der Waals surface area (Å²) in [7, 11) is 1.74. The van der Waals surface area contributed by atoms with Crippen molar-refractivity contribution in [2.75, 3.05) is 13.7 Å². The quantitative estimate of drug-likeness (QED) is 0.357. The standard InChI is InChI=1S/C21H26N4O.HI/c1-4-10-26-20-11-16(2)8-9-19(20)15-25-21(23-3)24-14-18-7-5-6-17(12-18)13-22;/h5-9,11-12H,4,10,14-15H2,1-3H3,(H2,23,24,25);1H. The highest BCUT2D eigenvalue weighted by atomic mass is 127. The first-order chi connectivity index (χ1) is 12.7. The van der Waals surface area contributed by atoms with E-state index in [4.69, 9.17) is 10.00 Å². The van der Waals surface area contributed by atoms with Gasteiger partial charge in [-0.05, 0) is 42.7 Å². The van der Waals surface area contributed by atoms with E-state index in [0.29, 0.717) is 31.2 Å². The molecule has 0 aliphatic rings. The molecule has 6 heteroatoms. The molecule has 0 radical (unpaired) electrons. The molecule has 27 heavy (non-hydrogen) atoms. The minimum absolute atomic E-state index is 0. The molecule has 0 heterocycles. The average molecular weight is 478 g/mol. The lowest BCUT2D eigenvalue weighted by molar-refractivity contribution is 0.313. The Hall–Kier alpha value is -2.27. The summed E-state index contributed by atoms with van der Waals surface area (Å²) in [4.78, 5) is 4.26. The van der Waals surface area contributed by atoms with E-state index in [0.717, 1.165) is 23.3 Å². The number of aliphatic imine (C=N–C) groups is 1. The van der Waals surface area contributed by atoms with Crippen molar-refractivity contribution in [3.05, 3.63) is 64.7 Å². The molecule has 0 bridgehead atoms. The van der Waals surface area contributed by atoms with Crippen LogP contribution < -0.4 is 15.4 Å². The highest BCUT2D eigenvalue weighted by Gasteiger charge is 2.06. The Bertz CT molecular complexity index is 799. The zero-order chi connectivity index (χ0) is 18.8. The molecule has 5 nitrogen and oxygen atoms in total. The second-order valence-corrected chi connectivity index (χ2v) is 6.05. The molecule has 0 atom stereocenters. The number of hydrogen-bond donors (Lipinski definition) is 2. The number of rotatable bonds is 7. The normalized spacial score (nSPS) is 10.5. The molecule has 0 aliphatic heterocycles. The van der Waals surface area contributed by atoms with E-state index in [1.807, 2.05) is 18.2 Å². The predicted octanol–water partition coefficient (Wildman–Crippen LogP) is 4.14. The molecule has 2 N–H and O–H groups in total. The number of aryl methyl sites for hydroxylation is 1. The summed E-state index contributed by atoms with van der Waals surface area (Å²) in [6, 6.07) is 15.9. The Labute approximate surface area is 178 Å². The lowest BCUT2D eigenvalue weighted by Crippen LogP contribution is -2.36. The average Bonchev–Trinajstić information content (AvgIpc) is 2.67. The van der Waals surface area contributed by atoms with E-state index < -0.39 is 0 Å². The van der Waals surface area contributed by atoms with Gasteiger partial charge in [0.1, 0.15) is 5.75 Å². The van der Waals surface area contributed by atoms with E-state index in [9.17, 15) is 0 Å². The smallest absolute Gasteiger partial charge is 0.191 e. The van der Waals surface area contributed by atoms with Gasteiger partial charge in [-0.25, -0.2) is 0 Å². The minimum atomic E-state index is 0. The number of guanidine groups is 1. The molecule has 0 saturated heterocycles. The first-order valence-corrected chi connectivity index (χ1v) is 8.82. The fraction of sp³-hybridized carbons (Fsp3) is 0.333. The third-order valence-electron chi connectivity index (χ3n) is 3.87. The van der Waals surface area contributed by atoms with E-state index >= 15 is 0 Å². The van der Waals surface area contributed by atoms with Gasteiger partial charge in [-0.2, -0.15) is 5.26 Å². The summed E-state index contributed by atoms with van der Waals surface area (Å²) >= 11 is 0. The summed E-state index contributed by atoms with van der Waals surface area (Å²) in [5, 5.41) is 15.6. The first-order valence-electron chi connectivity index (χ1n) is 8.82. The zero-order valence-electron chi connectivity index (χ0n) is 16.1. The second-order valence-electron chi connectivity index (χ2n) is 6.05. The number of nitriles is 1. The van der Waals surface area contributed by atoms with Gasteiger partial charge in [0.2, 0.25) is 0 Å².